The Bertz CT molecular complexity index is 348. The molecule has 1 aromatic heterocycles. The third-order valence-electron chi connectivity index (χ3n) is 1.65. The molecule has 6 nitrogen and oxygen atoms in total. The molecular formula is C9H14N4O2S. The predicted molar refractivity (Wildman–Crippen MR) is 62.3 cm³/mol. The molecule has 16 heavy (non-hydrogen) atoms. The van der Waals surface area contributed by atoms with Gasteiger partial charge in [0.1, 0.15) is 23.8 Å². The lowest BCUT2D eigenvalue weighted by atomic mass is 10.5. The van der Waals surface area contributed by atoms with Gasteiger partial charge in [-0.15, -0.1) is 11.8 Å². The lowest BCUT2D eigenvalue weighted by Gasteiger charge is -2.05. The molecule has 0 unspecified atom stereocenters. The van der Waals surface area contributed by atoms with E-state index in [0.717, 1.165) is 10.8 Å². The zero-order valence-electron chi connectivity index (χ0n) is 8.97. The minimum Gasteiger partial charge on any atom is -0.370 e. The van der Waals surface area contributed by atoms with Crippen LogP contribution in [-0.2, 0) is 9.53 Å². The Balaban J connectivity index is 2.23. The summed E-state index contributed by atoms with van der Waals surface area (Å²) in [6.07, 6.45) is 3.44. The first kappa shape index (κ1) is 12.7. The van der Waals surface area contributed by atoms with E-state index in [1.54, 1.807) is 11.8 Å². The van der Waals surface area contributed by atoms with Gasteiger partial charge in [0.05, 0.1) is 6.61 Å². The number of hydrogen-bond acceptors (Lipinski definition) is 6. The molecule has 0 aromatic carbocycles. The number of carbonyl (C=O) groups excluding carboxylic acids is 1. The van der Waals surface area contributed by atoms with Crippen LogP contribution in [0.15, 0.2) is 17.4 Å². The van der Waals surface area contributed by atoms with E-state index in [-0.39, 0.29) is 6.61 Å². The van der Waals surface area contributed by atoms with Crippen molar-refractivity contribution in [2.75, 3.05) is 31.3 Å². The molecule has 1 rings (SSSR count). The molecule has 0 atom stereocenters. The van der Waals surface area contributed by atoms with Crippen molar-refractivity contribution in [1.29, 1.82) is 0 Å². The van der Waals surface area contributed by atoms with Crippen molar-refractivity contribution in [3.63, 3.8) is 0 Å². The van der Waals surface area contributed by atoms with Gasteiger partial charge in [-0.3, -0.25) is 4.79 Å². The van der Waals surface area contributed by atoms with Crippen LogP contribution < -0.4 is 11.1 Å². The first-order chi connectivity index (χ1) is 7.72. The normalized spacial score (nSPS) is 10.1. The van der Waals surface area contributed by atoms with E-state index in [4.69, 9.17) is 10.5 Å². The Morgan fingerprint density at radius 2 is 2.44 bits per heavy atom. The van der Waals surface area contributed by atoms with E-state index >= 15 is 0 Å². The number of aromatic nitrogens is 2. The Morgan fingerprint density at radius 3 is 3.12 bits per heavy atom. The molecule has 7 heteroatoms. The van der Waals surface area contributed by atoms with Crippen molar-refractivity contribution in [2.45, 2.75) is 5.03 Å². The minimum absolute atomic E-state index is 0.0541. The molecule has 0 saturated carbocycles. The number of thioether (sulfide) groups is 1. The highest BCUT2D eigenvalue weighted by Gasteiger charge is 1.97. The van der Waals surface area contributed by atoms with Crippen LogP contribution in [0.1, 0.15) is 0 Å². The molecule has 0 aliphatic carbocycles. The second kappa shape index (κ2) is 7.02. The van der Waals surface area contributed by atoms with Gasteiger partial charge in [0.2, 0.25) is 5.91 Å². The lowest BCUT2D eigenvalue weighted by molar-refractivity contribution is -0.122. The summed E-state index contributed by atoms with van der Waals surface area (Å²) in [4.78, 5) is 18.5. The zero-order valence-corrected chi connectivity index (χ0v) is 9.79. The van der Waals surface area contributed by atoms with Gasteiger partial charge in [-0.1, -0.05) is 0 Å². The second-order valence-corrected chi connectivity index (χ2v) is 3.72. The maximum atomic E-state index is 10.4. The van der Waals surface area contributed by atoms with E-state index in [1.807, 2.05) is 12.3 Å². The molecule has 0 saturated heterocycles. The number of nitrogens with two attached hydrogens (primary N) is 1. The van der Waals surface area contributed by atoms with E-state index in [2.05, 4.69) is 15.3 Å². The van der Waals surface area contributed by atoms with Crippen LogP contribution in [0, 0.1) is 0 Å². The number of primary amides is 1. The van der Waals surface area contributed by atoms with Crippen LogP contribution in [0.2, 0.25) is 0 Å². The molecule has 0 spiro atoms. The first-order valence-electron chi connectivity index (χ1n) is 4.68. The number of nitrogens with zero attached hydrogens (tertiary/aromatic N) is 2. The molecule has 0 fully saturated rings. The van der Waals surface area contributed by atoms with E-state index < -0.39 is 5.91 Å². The van der Waals surface area contributed by atoms with Crippen LogP contribution in [0.25, 0.3) is 0 Å². The summed E-state index contributed by atoms with van der Waals surface area (Å²) >= 11 is 1.55. The van der Waals surface area contributed by atoms with Gasteiger partial charge in [0, 0.05) is 12.6 Å². The molecule has 0 bridgehead atoms. The number of anilines is 1. The standard InChI is InChI=1S/C9H14N4O2S/c1-16-9-4-8(12-6-13-9)11-2-3-15-5-7(10)14/h4,6H,2-3,5H2,1H3,(H2,10,14)(H,11,12,13). The molecule has 0 aliphatic rings. The van der Waals surface area contributed by atoms with Crippen LogP contribution in [-0.4, -0.2) is 41.9 Å². The van der Waals surface area contributed by atoms with Crippen molar-refractivity contribution >= 4 is 23.5 Å². The van der Waals surface area contributed by atoms with Gasteiger partial charge in [0.25, 0.3) is 0 Å². The Morgan fingerprint density at radius 1 is 1.62 bits per heavy atom. The molecule has 1 aromatic rings. The molecule has 1 amide bonds. The van der Waals surface area contributed by atoms with E-state index in [9.17, 15) is 4.79 Å². The monoisotopic (exact) mass is 242 g/mol. The molecule has 0 radical (unpaired) electrons. The van der Waals surface area contributed by atoms with Crippen LogP contribution in [0.4, 0.5) is 5.82 Å². The third-order valence-corrected chi connectivity index (χ3v) is 2.29. The highest BCUT2D eigenvalue weighted by atomic mass is 32.2. The Hall–Kier alpha value is -1.34. The molecular weight excluding hydrogens is 228 g/mol. The SMILES string of the molecule is CSc1cc(NCCOCC(N)=O)ncn1. The summed E-state index contributed by atoms with van der Waals surface area (Å²) < 4.78 is 4.99. The van der Waals surface area contributed by atoms with Crippen molar-refractivity contribution in [3.8, 4) is 0 Å². The number of hydrogen-bond donors (Lipinski definition) is 2. The van der Waals surface area contributed by atoms with Crippen LogP contribution >= 0.6 is 11.8 Å². The maximum Gasteiger partial charge on any atom is 0.243 e. The third kappa shape index (κ3) is 4.94. The molecule has 3 N–H and O–H groups in total. The number of rotatable bonds is 7. The summed E-state index contributed by atoms with van der Waals surface area (Å²) in [6, 6.07) is 1.85. The van der Waals surface area contributed by atoms with Crippen LogP contribution in [0.5, 0.6) is 0 Å². The smallest absolute Gasteiger partial charge is 0.243 e. The summed E-state index contributed by atoms with van der Waals surface area (Å²) in [5.74, 6) is 0.272. The van der Waals surface area contributed by atoms with Crippen molar-refractivity contribution < 1.29 is 9.53 Å². The fraction of sp³-hybridized carbons (Fsp3) is 0.444. The van der Waals surface area contributed by atoms with Gasteiger partial charge in [-0.2, -0.15) is 0 Å². The first-order valence-corrected chi connectivity index (χ1v) is 5.91. The number of amides is 1. The average Bonchev–Trinajstić information content (AvgIpc) is 2.28. The van der Waals surface area contributed by atoms with Gasteiger partial charge in [-0.25, -0.2) is 9.97 Å². The molecule has 0 aliphatic heterocycles. The predicted octanol–water partition coefficient (Wildman–Crippen LogP) is 0.112. The van der Waals surface area contributed by atoms with E-state index in [1.165, 1.54) is 6.33 Å². The summed E-state index contributed by atoms with van der Waals surface area (Å²) in [7, 11) is 0. The summed E-state index contributed by atoms with van der Waals surface area (Å²) in [5, 5.41) is 3.95. The van der Waals surface area contributed by atoms with Crippen molar-refractivity contribution in [1.82, 2.24) is 9.97 Å². The van der Waals surface area contributed by atoms with Gasteiger partial charge in [0.15, 0.2) is 0 Å². The fourth-order valence-corrected chi connectivity index (χ4v) is 1.35. The number of carbonyl (C=O) groups is 1. The maximum absolute atomic E-state index is 10.4. The van der Waals surface area contributed by atoms with Crippen molar-refractivity contribution in [2.24, 2.45) is 5.73 Å². The van der Waals surface area contributed by atoms with Gasteiger partial charge < -0.3 is 15.8 Å². The Labute approximate surface area is 98.0 Å². The lowest BCUT2D eigenvalue weighted by Crippen LogP contribution is -2.20. The second-order valence-electron chi connectivity index (χ2n) is 2.89. The summed E-state index contributed by atoms with van der Waals surface area (Å²) in [5.41, 5.74) is 4.92. The minimum atomic E-state index is -0.466. The highest BCUT2D eigenvalue weighted by molar-refractivity contribution is 7.98. The number of ether oxygens (including phenoxy) is 1. The zero-order chi connectivity index (χ0) is 11.8. The molecule has 1 heterocycles. The highest BCUT2D eigenvalue weighted by Crippen LogP contribution is 2.13. The van der Waals surface area contributed by atoms with Gasteiger partial charge in [-0.05, 0) is 6.26 Å². The van der Waals surface area contributed by atoms with Crippen molar-refractivity contribution in [3.05, 3.63) is 12.4 Å². The van der Waals surface area contributed by atoms with Gasteiger partial charge >= 0.3 is 0 Å². The topological polar surface area (TPSA) is 90.1 Å². The largest absolute Gasteiger partial charge is 0.370 e. The number of nitrogens with one attached hydrogen (secondary N) is 1. The van der Waals surface area contributed by atoms with E-state index in [0.29, 0.717) is 13.2 Å². The molecule has 88 valence electrons. The summed E-state index contributed by atoms with van der Waals surface area (Å²) in [6.45, 7) is 0.918. The quantitative estimate of drug-likeness (QED) is 0.401. The Kier molecular flexibility index (Phi) is 5.58. The average molecular weight is 242 g/mol. The fourth-order valence-electron chi connectivity index (χ4n) is 0.972. The van der Waals surface area contributed by atoms with Crippen LogP contribution in [0.3, 0.4) is 0 Å².